The van der Waals surface area contributed by atoms with Crippen LogP contribution in [0.5, 0.6) is 0 Å². The number of rotatable bonds is 2. The van der Waals surface area contributed by atoms with Crippen molar-refractivity contribution in [3.05, 3.63) is 23.9 Å². The van der Waals surface area contributed by atoms with Gasteiger partial charge in [0.05, 0.1) is 0 Å². The Kier molecular flexibility index (Phi) is 13.8. The maximum Gasteiger partial charge on any atom is 0.0292 e. The molecular weight excluding hydrogens is 134 g/mol. The van der Waals surface area contributed by atoms with Crippen LogP contribution in [0.4, 0.5) is 0 Å². The molecule has 0 aromatic heterocycles. The largest absolute Gasteiger partial charge is 0.269 e. The van der Waals surface area contributed by atoms with Crippen LogP contribution in [0.2, 0.25) is 0 Å². The van der Waals surface area contributed by atoms with E-state index in [0.717, 1.165) is 0 Å². The van der Waals surface area contributed by atoms with Gasteiger partial charge in [-0.05, 0) is 26.3 Å². The monoisotopic (exact) mass is 153 g/mol. The van der Waals surface area contributed by atoms with Crippen LogP contribution >= 0.6 is 0 Å². The molecule has 0 amide bonds. The van der Waals surface area contributed by atoms with Gasteiger partial charge < -0.3 is 0 Å². The normalized spacial score (nSPS) is 11.9. The second-order valence-electron chi connectivity index (χ2n) is 1.78. The Hall–Kier alpha value is -0.850. The van der Waals surface area contributed by atoms with E-state index in [1.165, 1.54) is 5.57 Å². The Morgan fingerprint density at radius 2 is 1.73 bits per heavy atom. The summed E-state index contributed by atoms with van der Waals surface area (Å²) in [5.74, 6) is 0. The number of hydrogen-bond acceptors (Lipinski definition) is 1. The van der Waals surface area contributed by atoms with Gasteiger partial charge in [0.25, 0.3) is 0 Å². The first kappa shape index (κ1) is 12.8. The average molecular weight is 153 g/mol. The Bertz CT molecular complexity index is 141. The summed E-state index contributed by atoms with van der Waals surface area (Å²) in [6.45, 7) is 9.92. The van der Waals surface area contributed by atoms with Crippen LogP contribution in [-0.4, -0.2) is 6.21 Å². The standard InChI is InChI=1S/C8H13N.C2H6/c1-4-6-8(3)7-9-5-2;1-2/h4-7H,1-3H3;1-2H3/b6-4+,8-7+,9-5?;. The Labute approximate surface area is 70.5 Å². The third-order valence-corrected chi connectivity index (χ3v) is 0.857. The van der Waals surface area contributed by atoms with Crippen LogP contribution in [-0.2, 0) is 0 Å². The Morgan fingerprint density at radius 3 is 2.09 bits per heavy atom. The molecule has 0 bridgehead atoms. The van der Waals surface area contributed by atoms with Gasteiger partial charge in [-0.25, -0.2) is 0 Å². The molecule has 0 radical (unpaired) electrons. The van der Waals surface area contributed by atoms with Gasteiger partial charge in [0.1, 0.15) is 0 Å². The lowest BCUT2D eigenvalue weighted by Crippen LogP contribution is -1.64. The highest BCUT2D eigenvalue weighted by molar-refractivity contribution is 5.54. The van der Waals surface area contributed by atoms with Crippen molar-refractivity contribution in [1.82, 2.24) is 0 Å². The molecule has 0 aliphatic rings. The van der Waals surface area contributed by atoms with E-state index in [1.807, 2.05) is 53.0 Å². The van der Waals surface area contributed by atoms with Crippen LogP contribution in [0.15, 0.2) is 28.9 Å². The van der Waals surface area contributed by atoms with Crippen LogP contribution < -0.4 is 0 Å². The van der Waals surface area contributed by atoms with Gasteiger partial charge >= 0.3 is 0 Å². The lowest BCUT2D eigenvalue weighted by molar-refractivity contribution is 1.42. The van der Waals surface area contributed by atoms with Crippen molar-refractivity contribution in [1.29, 1.82) is 0 Å². The summed E-state index contributed by atoms with van der Waals surface area (Å²) in [6, 6.07) is 0. The van der Waals surface area contributed by atoms with E-state index in [0.29, 0.717) is 0 Å². The van der Waals surface area contributed by atoms with Crippen LogP contribution in [0.25, 0.3) is 0 Å². The third-order valence-electron chi connectivity index (χ3n) is 0.857. The van der Waals surface area contributed by atoms with Gasteiger partial charge in [-0.2, -0.15) is 0 Å². The highest BCUT2D eigenvalue weighted by Gasteiger charge is 1.73. The molecule has 0 saturated heterocycles. The van der Waals surface area contributed by atoms with Gasteiger partial charge in [0.2, 0.25) is 0 Å². The van der Waals surface area contributed by atoms with Crippen molar-refractivity contribution in [2.24, 2.45) is 4.99 Å². The van der Waals surface area contributed by atoms with Crippen molar-refractivity contribution in [3.63, 3.8) is 0 Å². The minimum atomic E-state index is 1.18. The molecule has 1 heteroatoms. The molecule has 1 nitrogen and oxygen atoms in total. The first-order chi connectivity index (χ1) is 5.31. The summed E-state index contributed by atoms with van der Waals surface area (Å²) in [6.07, 6.45) is 7.62. The van der Waals surface area contributed by atoms with Gasteiger partial charge in [0, 0.05) is 12.4 Å². The van der Waals surface area contributed by atoms with E-state index in [1.54, 1.807) is 6.21 Å². The fraction of sp³-hybridized carbons (Fsp3) is 0.500. The van der Waals surface area contributed by atoms with Crippen LogP contribution in [0, 0.1) is 0 Å². The number of hydrogen-bond donors (Lipinski definition) is 0. The molecule has 11 heavy (non-hydrogen) atoms. The molecule has 0 aromatic rings. The molecule has 0 aromatic carbocycles. The summed E-state index contributed by atoms with van der Waals surface area (Å²) in [5, 5.41) is 0. The van der Waals surface area contributed by atoms with E-state index < -0.39 is 0 Å². The fourth-order valence-corrected chi connectivity index (χ4v) is 0.498. The molecule has 0 aliphatic carbocycles. The fourth-order valence-electron chi connectivity index (χ4n) is 0.498. The highest BCUT2D eigenvalue weighted by Crippen LogP contribution is 1.93. The molecule has 0 unspecified atom stereocenters. The van der Waals surface area contributed by atoms with Crippen molar-refractivity contribution in [2.75, 3.05) is 0 Å². The lowest BCUT2D eigenvalue weighted by atomic mass is 10.3. The summed E-state index contributed by atoms with van der Waals surface area (Å²) in [4.78, 5) is 3.95. The molecule has 0 saturated carbocycles. The zero-order valence-electron chi connectivity index (χ0n) is 8.26. The quantitative estimate of drug-likeness (QED) is 0.424. The maximum atomic E-state index is 3.95. The van der Waals surface area contributed by atoms with Crippen LogP contribution in [0.3, 0.4) is 0 Å². The third kappa shape index (κ3) is 12.4. The predicted molar refractivity (Wildman–Crippen MR) is 54.1 cm³/mol. The van der Waals surface area contributed by atoms with Gasteiger partial charge in [-0.1, -0.05) is 26.0 Å². The summed E-state index contributed by atoms with van der Waals surface area (Å²) >= 11 is 0. The molecule has 0 heterocycles. The summed E-state index contributed by atoms with van der Waals surface area (Å²) in [5.41, 5.74) is 1.18. The first-order valence-electron chi connectivity index (χ1n) is 4.08. The predicted octanol–water partition coefficient (Wildman–Crippen LogP) is 3.58. The number of aliphatic imine (C=N–C) groups is 1. The van der Waals surface area contributed by atoms with E-state index in [2.05, 4.69) is 4.99 Å². The maximum absolute atomic E-state index is 3.95. The lowest BCUT2D eigenvalue weighted by Gasteiger charge is -1.83. The number of allylic oxidation sites excluding steroid dienone is 3. The van der Waals surface area contributed by atoms with Crippen molar-refractivity contribution < 1.29 is 0 Å². The van der Waals surface area contributed by atoms with Crippen molar-refractivity contribution >= 4 is 6.21 Å². The summed E-state index contributed by atoms with van der Waals surface area (Å²) < 4.78 is 0. The SMILES string of the molecule is CC.CC=N/C=C(C)/C=C/C. The van der Waals surface area contributed by atoms with Gasteiger partial charge in [-0.15, -0.1) is 0 Å². The van der Waals surface area contributed by atoms with E-state index in [4.69, 9.17) is 0 Å². The zero-order valence-corrected chi connectivity index (χ0v) is 8.26. The second kappa shape index (κ2) is 11.9. The second-order valence-corrected chi connectivity index (χ2v) is 1.78. The molecular formula is C10H19N. The van der Waals surface area contributed by atoms with E-state index in [-0.39, 0.29) is 0 Å². The van der Waals surface area contributed by atoms with Gasteiger partial charge in [-0.3, -0.25) is 4.99 Å². The zero-order chi connectivity index (χ0) is 9.11. The molecule has 0 N–H and O–H groups in total. The molecule has 0 spiro atoms. The van der Waals surface area contributed by atoms with Crippen molar-refractivity contribution in [2.45, 2.75) is 34.6 Å². The highest BCUT2D eigenvalue weighted by atomic mass is 14.7. The molecule has 64 valence electrons. The molecule has 0 atom stereocenters. The number of nitrogens with zero attached hydrogens (tertiary/aromatic N) is 1. The topological polar surface area (TPSA) is 12.4 Å². The van der Waals surface area contributed by atoms with Crippen LogP contribution in [0.1, 0.15) is 34.6 Å². The smallest absolute Gasteiger partial charge is 0.0292 e. The minimum absolute atomic E-state index is 1.18. The average Bonchev–Trinajstić information content (AvgIpc) is 2.05. The molecule has 0 fully saturated rings. The Morgan fingerprint density at radius 1 is 1.18 bits per heavy atom. The summed E-state index contributed by atoms with van der Waals surface area (Å²) in [7, 11) is 0. The van der Waals surface area contributed by atoms with Crippen molar-refractivity contribution in [3.8, 4) is 0 Å². The van der Waals surface area contributed by atoms with E-state index >= 15 is 0 Å². The first-order valence-corrected chi connectivity index (χ1v) is 4.08. The van der Waals surface area contributed by atoms with Gasteiger partial charge in [0.15, 0.2) is 0 Å². The Balaban J connectivity index is 0. The molecule has 0 rings (SSSR count). The van der Waals surface area contributed by atoms with E-state index in [9.17, 15) is 0 Å². The molecule has 0 aliphatic heterocycles. The minimum Gasteiger partial charge on any atom is -0.269 e.